The highest BCUT2D eigenvalue weighted by Crippen LogP contribution is 2.11. The van der Waals surface area contributed by atoms with Crippen molar-refractivity contribution in [2.45, 2.75) is 30.7 Å². The highest BCUT2D eigenvalue weighted by Gasteiger charge is 2.21. The van der Waals surface area contributed by atoms with Gasteiger partial charge in [0.25, 0.3) is 15.9 Å². The highest BCUT2D eigenvalue weighted by molar-refractivity contribution is 7.90. The molecule has 19 heavy (non-hydrogen) atoms. The van der Waals surface area contributed by atoms with Gasteiger partial charge in [0, 0.05) is 5.75 Å². The van der Waals surface area contributed by atoms with Gasteiger partial charge < -0.3 is 5.73 Å². The van der Waals surface area contributed by atoms with E-state index in [0.29, 0.717) is 0 Å². The van der Waals surface area contributed by atoms with E-state index >= 15 is 0 Å². The lowest BCUT2D eigenvalue weighted by Crippen LogP contribution is -2.44. The number of hydrogen-bond acceptors (Lipinski definition) is 5. The summed E-state index contributed by atoms with van der Waals surface area (Å²) in [6.07, 6.45) is 1.87. The molecule has 0 radical (unpaired) electrons. The van der Waals surface area contributed by atoms with Crippen LogP contribution in [0.3, 0.4) is 0 Å². The number of carbonyl (C=O) groups is 1. The van der Waals surface area contributed by atoms with Gasteiger partial charge >= 0.3 is 0 Å². The van der Waals surface area contributed by atoms with Crippen LogP contribution in [-0.2, 0) is 21.2 Å². The zero-order valence-corrected chi connectivity index (χ0v) is 12.4. The van der Waals surface area contributed by atoms with E-state index in [1.54, 1.807) is 12.1 Å². The molecule has 0 saturated heterocycles. The molecule has 3 N–H and O–H groups in total. The van der Waals surface area contributed by atoms with Gasteiger partial charge in [0.2, 0.25) is 0 Å². The summed E-state index contributed by atoms with van der Waals surface area (Å²) in [5.41, 5.74) is 6.47. The number of hydrogen-bond donors (Lipinski definition) is 3. The van der Waals surface area contributed by atoms with Crippen molar-refractivity contribution in [1.29, 1.82) is 0 Å². The molecule has 1 rings (SSSR count). The lowest BCUT2D eigenvalue weighted by molar-refractivity contribution is -0.120. The first-order valence-electron chi connectivity index (χ1n) is 5.92. The van der Waals surface area contributed by atoms with Crippen LogP contribution in [0.2, 0.25) is 0 Å². The highest BCUT2D eigenvalue weighted by atomic mass is 32.2. The summed E-state index contributed by atoms with van der Waals surface area (Å²) < 4.78 is 25.8. The molecule has 0 aliphatic carbocycles. The van der Waals surface area contributed by atoms with Crippen LogP contribution in [0.5, 0.6) is 0 Å². The monoisotopic (exact) mass is 302 g/mol. The van der Waals surface area contributed by atoms with Crippen LogP contribution in [-0.4, -0.2) is 26.1 Å². The van der Waals surface area contributed by atoms with Gasteiger partial charge in [-0.25, -0.2) is 13.1 Å². The molecule has 1 amide bonds. The molecule has 1 aromatic rings. The van der Waals surface area contributed by atoms with Gasteiger partial charge in [-0.05, 0) is 24.1 Å². The fourth-order valence-electron chi connectivity index (χ4n) is 1.47. The van der Waals surface area contributed by atoms with Gasteiger partial charge in [-0.1, -0.05) is 25.5 Å². The summed E-state index contributed by atoms with van der Waals surface area (Å²) in [5, 5.41) is 0. The number of nitrogens with one attached hydrogen (secondary N) is 1. The first-order valence-corrected chi connectivity index (χ1v) is 8.04. The third-order valence-electron chi connectivity index (χ3n) is 2.54. The quantitative estimate of drug-likeness (QED) is 0.675. The lowest BCUT2D eigenvalue weighted by atomic mass is 10.1. The average Bonchev–Trinajstić information content (AvgIpc) is 2.38. The molecular weight excluding hydrogens is 284 g/mol. The third kappa shape index (κ3) is 4.52. The largest absolute Gasteiger partial charge is 0.319 e. The molecule has 1 aromatic carbocycles. The molecule has 106 valence electrons. The Kier molecular flexibility index (Phi) is 5.84. The first-order chi connectivity index (χ1) is 8.90. The topological polar surface area (TPSA) is 89.3 Å². The summed E-state index contributed by atoms with van der Waals surface area (Å²) in [5.74, 6) is -0.677. The van der Waals surface area contributed by atoms with Crippen LogP contribution in [0.4, 0.5) is 0 Å². The van der Waals surface area contributed by atoms with Crippen molar-refractivity contribution in [2.75, 3.05) is 5.75 Å². The molecule has 0 spiro atoms. The Morgan fingerprint density at radius 3 is 2.42 bits per heavy atom. The average molecular weight is 302 g/mol. The van der Waals surface area contributed by atoms with Crippen molar-refractivity contribution >= 4 is 28.6 Å². The molecule has 0 fully saturated rings. The zero-order valence-electron chi connectivity index (χ0n) is 10.7. The van der Waals surface area contributed by atoms with Gasteiger partial charge in [0.1, 0.15) is 0 Å². The van der Waals surface area contributed by atoms with Crippen LogP contribution in [0, 0.1) is 0 Å². The summed E-state index contributed by atoms with van der Waals surface area (Å²) in [4.78, 5) is 11.5. The van der Waals surface area contributed by atoms with Crippen LogP contribution in [0.25, 0.3) is 0 Å². The molecule has 0 saturated carbocycles. The number of amides is 1. The molecule has 0 heterocycles. The number of aryl methyl sites for hydroxylation is 1. The smallest absolute Gasteiger partial charge is 0.264 e. The molecule has 0 unspecified atom stereocenters. The molecule has 0 aromatic heterocycles. The molecule has 1 atom stereocenters. The zero-order chi connectivity index (χ0) is 14.5. The Hall–Kier alpha value is -1.05. The third-order valence-corrected chi connectivity index (χ3v) is 4.30. The SMILES string of the molecule is CCCc1ccc(S(=O)(=O)NC(=O)[C@@H](N)CS)cc1. The minimum atomic E-state index is -3.86. The van der Waals surface area contributed by atoms with E-state index in [0.717, 1.165) is 18.4 Å². The van der Waals surface area contributed by atoms with Crippen molar-refractivity contribution < 1.29 is 13.2 Å². The maximum absolute atomic E-state index is 11.9. The van der Waals surface area contributed by atoms with Crippen molar-refractivity contribution in [2.24, 2.45) is 5.73 Å². The minimum absolute atomic E-state index is 0.0482. The van der Waals surface area contributed by atoms with Gasteiger partial charge in [-0.15, -0.1) is 0 Å². The fraction of sp³-hybridized carbons (Fsp3) is 0.417. The van der Waals surface area contributed by atoms with Crippen LogP contribution in [0.1, 0.15) is 18.9 Å². The second-order valence-electron chi connectivity index (χ2n) is 4.15. The van der Waals surface area contributed by atoms with E-state index in [2.05, 4.69) is 12.6 Å². The number of rotatable bonds is 6. The van der Waals surface area contributed by atoms with Crippen molar-refractivity contribution in [3.8, 4) is 0 Å². The van der Waals surface area contributed by atoms with Gasteiger partial charge in [0.15, 0.2) is 0 Å². The van der Waals surface area contributed by atoms with Crippen molar-refractivity contribution in [3.63, 3.8) is 0 Å². The van der Waals surface area contributed by atoms with E-state index in [-0.39, 0.29) is 10.6 Å². The molecule has 0 aliphatic rings. The van der Waals surface area contributed by atoms with E-state index in [1.165, 1.54) is 12.1 Å². The Balaban J connectivity index is 2.85. The Morgan fingerprint density at radius 2 is 1.95 bits per heavy atom. The summed E-state index contributed by atoms with van der Waals surface area (Å²) in [6.45, 7) is 2.05. The van der Waals surface area contributed by atoms with Gasteiger partial charge in [0.05, 0.1) is 10.9 Å². The number of carbonyl (C=O) groups excluding carboxylic acids is 1. The van der Waals surface area contributed by atoms with Gasteiger partial charge in [-0.2, -0.15) is 12.6 Å². The minimum Gasteiger partial charge on any atom is -0.319 e. The number of nitrogens with two attached hydrogens (primary N) is 1. The predicted molar refractivity (Wildman–Crippen MR) is 77.6 cm³/mol. The fourth-order valence-corrected chi connectivity index (χ4v) is 2.67. The summed E-state index contributed by atoms with van der Waals surface area (Å²) >= 11 is 3.85. The van der Waals surface area contributed by atoms with E-state index in [4.69, 9.17) is 5.73 Å². The molecule has 0 bridgehead atoms. The van der Waals surface area contributed by atoms with Gasteiger partial charge in [-0.3, -0.25) is 4.79 Å². The Labute approximate surface area is 119 Å². The molecule has 7 heteroatoms. The Bertz CT molecular complexity index is 526. The Morgan fingerprint density at radius 1 is 1.37 bits per heavy atom. The first kappa shape index (κ1) is 16.0. The predicted octanol–water partition coefficient (Wildman–Crippen LogP) is 0.701. The molecule has 0 aliphatic heterocycles. The number of sulfonamides is 1. The van der Waals surface area contributed by atoms with E-state index in [9.17, 15) is 13.2 Å². The summed E-state index contributed by atoms with van der Waals surface area (Å²) in [6, 6.07) is 5.49. The maximum Gasteiger partial charge on any atom is 0.264 e. The van der Waals surface area contributed by atoms with Crippen molar-refractivity contribution in [3.05, 3.63) is 29.8 Å². The maximum atomic E-state index is 11.9. The second-order valence-corrected chi connectivity index (χ2v) is 6.20. The van der Waals surface area contributed by atoms with Crippen molar-refractivity contribution in [1.82, 2.24) is 4.72 Å². The number of benzene rings is 1. The molecule has 5 nitrogen and oxygen atoms in total. The lowest BCUT2D eigenvalue weighted by Gasteiger charge is -2.10. The summed E-state index contributed by atoms with van der Waals surface area (Å²) in [7, 11) is -3.86. The van der Waals surface area contributed by atoms with Crippen LogP contribution < -0.4 is 10.5 Å². The molecular formula is C12H18N2O3S2. The number of thiol groups is 1. The standard InChI is InChI=1S/C12H18N2O3S2/c1-2-3-9-4-6-10(7-5-9)19(16,17)14-12(15)11(13)8-18/h4-7,11,18H,2-3,8,13H2,1H3,(H,14,15)/t11-/m0/s1. The normalized spacial score (nSPS) is 13.0. The van der Waals surface area contributed by atoms with Crippen LogP contribution >= 0.6 is 12.6 Å². The second kappa shape index (κ2) is 6.93. The van der Waals surface area contributed by atoms with E-state index in [1.807, 2.05) is 11.6 Å². The van der Waals surface area contributed by atoms with E-state index < -0.39 is 22.0 Å². The van der Waals surface area contributed by atoms with Crippen LogP contribution in [0.15, 0.2) is 29.2 Å².